The van der Waals surface area contributed by atoms with Crippen molar-refractivity contribution >= 4 is 29.1 Å². The number of aryl methyl sites for hydroxylation is 1. The Bertz CT molecular complexity index is 1790. The molecule has 4 aromatic rings. The third-order valence-corrected chi connectivity index (χ3v) is 8.07. The van der Waals surface area contributed by atoms with E-state index in [4.69, 9.17) is 14.5 Å². The summed E-state index contributed by atoms with van der Waals surface area (Å²) in [5, 5.41) is 0. The minimum Gasteiger partial charge on any atom is -0.490 e. The van der Waals surface area contributed by atoms with E-state index in [1.807, 2.05) is 67.0 Å². The van der Waals surface area contributed by atoms with Crippen LogP contribution in [-0.2, 0) is 11.2 Å². The van der Waals surface area contributed by atoms with E-state index in [1.54, 1.807) is 12.1 Å². The molecule has 2 heterocycles. The smallest absolute Gasteiger partial charge is 0.337 e. The van der Waals surface area contributed by atoms with Crippen molar-refractivity contribution in [3.05, 3.63) is 126 Å². The molecule has 0 amide bonds. The second kappa shape index (κ2) is 10.2. The molecule has 0 saturated heterocycles. The number of aromatic nitrogens is 1. The molecule has 2 aliphatic rings. The van der Waals surface area contributed by atoms with Crippen LogP contribution in [0, 0.1) is 0 Å². The molecule has 0 fully saturated rings. The van der Waals surface area contributed by atoms with Crippen LogP contribution in [0.4, 0.5) is 0 Å². The number of benzene rings is 3. The third kappa shape index (κ3) is 4.53. The summed E-state index contributed by atoms with van der Waals surface area (Å²) in [6.45, 7) is 3.97. The second-order valence-electron chi connectivity index (χ2n) is 9.93. The molecule has 1 atom stereocenters. The number of ether oxygens (including phenoxy) is 2. The van der Waals surface area contributed by atoms with Crippen molar-refractivity contribution in [1.82, 2.24) is 4.57 Å². The zero-order chi connectivity index (χ0) is 27.1. The number of allylic oxidation sites excluding steroid dienone is 1. The predicted molar refractivity (Wildman–Crippen MR) is 153 cm³/mol. The minimum absolute atomic E-state index is 0.0144. The highest BCUT2D eigenvalue weighted by atomic mass is 32.1. The van der Waals surface area contributed by atoms with Gasteiger partial charge in [-0.3, -0.25) is 9.36 Å². The number of carbonyl (C=O) groups is 1. The summed E-state index contributed by atoms with van der Waals surface area (Å²) in [6.07, 6.45) is 3.59. The Hall–Kier alpha value is -4.23. The Balaban J connectivity index is 1.57. The Morgan fingerprint density at radius 1 is 1.03 bits per heavy atom. The summed E-state index contributed by atoms with van der Waals surface area (Å²) in [5.74, 6) is 0.348. The molecular weight excluding hydrogens is 508 g/mol. The molecule has 0 saturated carbocycles. The highest BCUT2D eigenvalue weighted by molar-refractivity contribution is 7.07. The van der Waals surface area contributed by atoms with Crippen LogP contribution >= 0.6 is 11.3 Å². The summed E-state index contributed by atoms with van der Waals surface area (Å²) in [5.41, 5.74) is 6.59. The van der Waals surface area contributed by atoms with Crippen LogP contribution in [0.3, 0.4) is 0 Å². The lowest BCUT2D eigenvalue weighted by atomic mass is 9.83. The number of hydrogen-bond acceptors (Lipinski definition) is 6. The van der Waals surface area contributed by atoms with Gasteiger partial charge in [0.05, 0.1) is 35.0 Å². The molecule has 0 bridgehead atoms. The first-order chi connectivity index (χ1) is 18.9. The Kier molecular flexibility index (Phi) is 6.53. The largest absolute Gasteiger partial charge is 0.490 e. The van der Waals surface area contributed by atoms with Gasteiger partial charge in [-0.15, -0.1) is 0 Å². The number of hydrogen-bond donors (Lipinski definition) is 0. The predicted octanol–water partition coefficient (Wildman–Crippen LogP) is 4.89. The van der Waals surface area contributed by atoms with Crippen molar-refractivity contribution in [3.8, 4) is 5.75 Å². The molecule has 6 nitrogen and oxygen atoms in total. The van der Waals surface area contributed by atoms with Gasteiger partial charge in [0.2, 0.25) is 0 Å². The Morgan fingerprint density at radius 2 is 1.77 bits per heavy atom. The number of fused-ring (bicyclic) bond motifs is 3. The van der Waals surface area contributed by atoms with Gasteiger partial charge in [-0.1, -0.05) is 65.9 Å². The molecule has 1 unspecified atom stereocenters. The lowest BCUT2D eigenvalue weighted by Gasteiger charge is -2.30. The fourth-order valence-electron chi connectivity index (χ4n) is 5.34. The molecule has 3 aromatic carbocycles. The lowest BCUT2D eigenvalue weighted by molar-refractivity contribution is 0.0600. The van der Waals surface area contributed by atoms with Crippen molar-refractivity contribution in [2.45, 2.75) is 38.8 Å². The van der Waals surface area contributed by atoms with E-state index in [1.165, 1.54) is 24.0 Å². The maximum Gasteiger partial charge on any atom is 0.337 e. The third-order valence-electron chi connectivity index (χ3n) is 7.09. The van der Waals surface area contributed by atoms with Crippen LogP contribution < -0.4 is 19.6 Å². The van der Waals surface area contributed by atoms with Crippen LogP contribution in [0.1, 0.15) is 58.9 Å². The van der Waals surface area contributed by atoms with E-state index in [9.17, 15) is 9.59 Å². The maximum absolute atomic E-state index is 14.0. The van der Waals surface area contributed by atoms with Gasteiger partial charge in [-0.25, -0.2) is 9.79 Å². The van der Waals surface area contributed by atoms with E-state index in [0.717, 1.165) is 46.6 Å². The summed E-state index contributed by atoms with van der Waals surface area (Å²) in [4.78, 5) is 31.8. The van der Waals surface area contributed by atoms with Gasteiger partial charge in [0, 0.05) is 11.1 Å². The van der Waals surface area contributed by atoms with Crippen LogP contribution in [0.5, 0.6) is 5.75 Å². The van der Waals surface area contributed by atoms with E-state index >= 15 is 0 Å². The van der Waals surface area contributed by atoms with Gasteiger partial charge in [-0.2, -0.15) is 0 Å². The standard InChI is InChI=1S/C32H28N2O4S/c1-19(2)38-26-11-7-5-9-23(26)18-27-30(35)34-29(21-12-14-22(15-13-21)31(36)37-3)25-17-16-20-8-4-6-10-24(20)28(25)33-32(34)39-27/h4-15,18-19,29H,16-17H2,1-3H3. The zero-order valence-electron chi connectivity index (χ0n) is 22.0. The lowest BCUT2D eigenvalue weighted by Crippen LogP contribution is -2.38. The molecule has 0 radical (unpaired) electrons. The normalized spacial score (nSPS) is 16.3. The van der Waals surface area contributed by atoms with E-state index in [2.05, 4.69) is 18.2 Å². The highest BCUT2D eigenvalue weighted by Gasteiger charge is 2.32. The number of carbonyl (C=O) groups excluding carboxylic acids is 1. The number of thiazole rings is 1. The van der Waals surface area contributed by atoms with Crippen LogP contribution in [-0.4, -0.2) is 23.8 Å². The van der Waals surface area contributed by atoms with Gasteiger partial charge in [0.25, 0.3) is 5.56 Å². The zero-order valence-corrected chi connectivity index (χ0v) is 22.8. The van der Waals surface area contributed by atoms with Crippen LogP contribution in [0.2, 0.25) is 0 Å². The minimum atomic E-state index is -0.390. The Labute approximate surface area is 230 Å². The van der Waals surface area contributed by atoms with E-state index in [0.29, 0.717) is 14.9 Å². The first-order valence-electron chi connectivity index (χ1n) is 13.0. The van der Waals surface area contributed by atoms with Crippen LogP contribution in [0.15, 0.2) is 88.2 Å². The Morgan fingerprint density at radius 3 is 2.54 bits per heavy atom. The molecular formula is C32H28N2O4S. The number of methoxy groups -OCH3 is 1. The maximum atomic E-state index is 14.0. The highest BCUT2D eigenvalue weighted by Crippen LogP contribution is 2.41. The molecule has 196 valence electrons. The average Bonchev–Trinajstić information content (AvgIpc) is 3.26. The first kappa shape index (κ1) is 25.1. The molecule has 0 N–H and O–H groups in total. The number of nitrogens with zero attached hydrogens (tertiary/aromatic N) is 2. The van der Waals surface area contributed by atoms with Crippen LogP contribution in [0.25, 0.3) is 11.8 Å². The van der Waals surface area contributed by atoms with Gasteiger partial charge in [0.1, 0.15) is 5.75 Å². The molecule has 1 aromatic heterocycles. The average molecular weight is 537 g/mol. The summed E-state index contributed by atoms with van der Waals surface area (Å²) >= 11 is 1.39. The molecule has 39 heavy (non-hydrogen) atoms. The van der Waals surface area contributed by atoms with Crippen molar-refractivity contribution in [2.75, 3.05) is 7.11 Å². The van der Waals surface area contributed by atoms with Gasteiger partial charge < -0.3 is 9.47 Å². The number of para-hydroxylation sites is 1. The molecule has 7 heteroatoms. The summed E-state index contributed by atoms with van der Waals surface area (Å²) in [7, 11) is 1.37. The van der Waals surface area contributed by atoms with E-state index in [-0.39, 0.29) is 23.7 Å². The van der Waals surface area contributed by atoms with Gasteiger partial charge in [-0.05, 0) is 67.7 Å². The molecule has 1 aliphatic heterocycles. The molecule has 1 aliphatic carbocycles. The van der Waals surface area contributed by atoms with Crippen molar-refractivity contribution in [3.63, 3.8) is 0 Å². The summed E-state index contributed by atoms with van der Waals surface area (Å²) in [6, 6.07) is 23.1. The quantitative estimate of drug-likeness (QED) is 0.341. The molecule has 0 spiro atoms. The number of esters is 1. The summed E-state index contributed by atoms with van der Waals surface area (Å²) < 4.78 is 13.3. The van der Waals surface area contributed by atoms with Crippen molar-refractivity contribution in [2.24, 2.45) is 4.99 Å². The monoisotopic (exact) mass is 536 g/mol. The number of rotatable bonds is 5. The second-order valence-corrected chi connectivity index (χ2v) is 10.9. The van der Waals surface area contributed by atoms with Crippen molar-refractivity contribution < 1.29 is 14.3 Å². The topological polar surface area (TPSA) is 69.9 Å². The fraction of sp³-hybridized carbons (Fsp3) is 0.219. The van der Waals surface area contributed by atoms with E-state index < -0.39 is 0 Å². The fourth-order valence-corrected chi connectivity index (χ4v) is 6.34. The SMILES string of the molecule is COC(=O)c1ccc(C2C3=C(N=c4sc(=Cc5ccccc5OC(C)C)c(=O)n42)c2ccccc2CC3)cc1. The molecule has 6 rings (SSSR count). The van der Waals surface area contributed by atoms with Gasteiger partial charge >= 0.3 is 5.97 Å². The first-order valence-corrected chi connectivity index (χ1v) is 13.8. The van der Waals surface area contributed by atoms with Crippen molar-refractivity contribution in [1.29, 1.82) is 0 Å². The van der Waals surface area contributed by atoms with Gasteiger partial charge in [0.15, 0.2) is 4.80 Å².